The summed E-state index contributed by atoms with van der Waals surface area (Å²) in [5.74, 6) is 0.582. The molecule has 1 aromatic rings. The molecule has 1 rings (SSSR count). The van der Waals surface area contributed by atoms with E-state index in [1.165, 1.54) is 6.39 Å². The monoisotopic (exact) mass is 247 g/mol. The molecule has 5 nitrogen and oxygen atoms in total. The quantitative estimate of drug-likeness (QED) is 0.818. The SMILES string of the molecule is CCCC(N)C(=O)NCc1ncoc1C.Cl. The lowest BCUT2D eigenvalue weighted by Gasteiger charge is -2.09. The predicted octanol–water partition coefficient (Wildman–Crippen LogP) is 1.15. The molecule has 0 radical (unpaired) electrons. The van der Waals surface area contributed by atoms with Gasteiger partial charge in [0.1, 0.15) is 11.5 Å². The van der Waals surface area contributed by atoms with Crippen molar-refractivity contribution in [3.63, 3.8) is 0 Å². The number of aromatic nitrogens is 1. The lowest BCUT2D eigenvalue weighted by Crippen LogP contribution is -2.40. The molecule has 1 heterocycles. The highest BCUT2D eigenvalue weighted by Crippen LogP contribution is 2.03. The maximum atomic E-state index is 11.4. The van der Waals surface area contributed by atoms with Gasteiger partial charge in [-0.05, 0) is 13.3 Å². The summed E-state index contributed by atoms with van der Waals surface area (Å²) < 4.78 is 5.01. The van der Waals surface area contributed by atoms with Crippen molar-refractivity contribution in [3.8, 4) is 0 Å². The molecule has 16 heavy (non-hydrogen) atoms. The van der Waals surface area contributed by atoms with E-state index in [4.69, 9.17) is 10.2 Å². The Balaban J connectivity index is 0.00000225. The van der Waals surface area contributed by atoms with Crippen molar-refractivity contribution in [2.45, 2.75) is 39.3 Å². The number of amides is 1. The second-order valence-corrected chi connectivity index (χ2v) is 3.47. The van der Waals surface area contributed by atoms with E-state index >= 15 is 0 Å². The minimum Gasteiger partial charge on any atom is -0.448 e. The fourth-order valence-electron chi connectivity index (χ4n) is 1.24. The molecule has 6 heteroatoms. The van der Waals surface area contributed by atoms with Gasteiger partial charge in [0.15, 0.2) is 6.39 Å². The van der Waals surface area contributed by atoms with Gasteiger partial charge in [0.2, 0.25) is 5.91 Å². The van der Waals surface area contributed by atoms with Crippen LogP contribution in [0.1, 0.15) is 31.2 Å². The van der Waals surface area contributed by atoms with Crippen molar-refractivity contribution in [1.29, 1.82) is 0 Å². The molecule has 0 saturated heterocycles. The van der Waals surface area contributed by atoms with Crippen LogP contribution in [-0.4, -0.2) is 16.9 Å². The summed E-state index contributed by atoms with van der Waals surface area (Å²) in [4.78, 5) is 15.4. The van der Waals surface area contributed by atoms with Crippen LogP contribution in [0.2, 0.25) is 0 Å². The number of aryl methyl sites for hydroxylation is 1. The third-order valence-corrected chi connectivity index (χ3v) is 2.21. The van der Waals surface area contributed by atoms with Gasteiger partial charge in [-0.3, -0.25) is 4.79 Å². The van der Waals surface area contributed by atoms with Crippen LogP contribution in [0.4, 0.5) is 0 Å². The lowest BCUT2D eigenvalue weighted by atomic mass is 10.1. The Morgan fingerprint density at radius 1 is 1.69 bits per heavy atom. The molecular weight excluding hydrogens is 230 g/mol. The minimum atomic E-state index is -0.429. The Hall–Kier alpha value is -1.07. The Labute approximate surface area is 101 Å². The van der Waals surface area contributed by atoms with E-state index in [0.29, 0.717) is 13.0 Å². The molecule has 1 amide bonds. The van der Waals surface area contributed by atoms with Crippen molar-refractivity contribution >= 4 is 18.3 Å². The van der Waals surface area contributed by atoms with Crippen molar-refractivity contribution in [1.82, 2.24) is 10.3 Å². The van der Waals surface area contributed by atoms with Crippen LogP contribution < -0.4 is 11.1 Å². The van der Waals surface area contributed by atoms with E-state index in [2.05, 4.69) is 10.3 Å². The van der Waals surface area contributed by atoms with Gasteiger partial charge in [0, 0.05) is 0 Å². The number of hydrogen-bond donors (Lipinski definition) is 2. The second kappa shape index (κ2) is 7.24. The highest BCUT2D eigenvalue weighted by Gasteiger charge is 2.12. The van der Waals surface area contributed by atoms with Crippen molar-refractivity contribution in [3.05, 3.63) is 17.8 Å². The Morgan fingerprint density at radius 2 is 2.38 bits per heavy atom. The van der Waals surface area contributed by atoms with Crippen LogP contribution in [0.5, 0.6) is 0 Å². The number of carbonyl (C=O) groups is 1. The van der Waals surface area contributed by atoms with E-state index in [9.17, 15) is 4.79 Å². The third kappa shape index (κ3) is 4.20. The number of halogens is 1. The molecule has 0 aliphatic carbocycles. The van der Waals surface area contributed by atoms with Crippen LogP contribution in [0.15, 0.2) is 10.8 Å². The number of carbonyl (C=O) groups excluding carboxylic acids is 1. The second-order valence-electron chi connectivity index (χ2n) is 3.47. The van der Waals surface area contributed by atoms with Gasteiger partial charge in [-0.1, -0.05) is 13.3 Å². The molecule has 0 aliphatic rings. The van der Waals surface area contributed by atoms with Crippen LogP contribution in [0, 0.1) is 6.92 Å². The Morgan fingerprint density at radius 3 is 2.88 bits per heavy atom. The Kier molecular flexibility index (Phi) is 6.76. The molecule has 3 N–H and O–H groups in total. The summed E-state index contributed by atoms with van der Waals surface area (Å²) in [6, 6.07) is -0.429. The first-order valence-electron chi connectivity index (χ1n) is 5.07. The van der Waals surface area contributed by atoms with Gasteiger partial charge in [0.25, 0.3) is 0 Å². The Bertz CT molecular complexity index is 328. The zero-order valence-corrected chi connectivity index (χ0v) is 10.3. The molecule has 0 fully saturated rings. The number of hydrogen-bond acceptors (Lipinski definition) is 4. The van der Waals surface area contributed by atoms with Crippen LogP contribution >= 0.6 is 12.4 Å². The largest absolute Gasteiger partial charge is 0.448 e. The molecule has 0 saturated carbocycles. The predicted molar refractivity (Wildman–Crippen MR) is 63.2 cm³/mol. The van der Waals surface area contributed by atoms with E-state index in [1.54, 1.807) is 6.92 Å². The fourth-order valence-corrected chi connectivity index (χ4v) is 1.24. The van der Waals surface area contributed by atoms with Gasteiger partial charge >= 0.3 is 0 Å². The topological polar surface area (TPSA) is 81.2 Å². The first-order chi connectivity index (χ1) is 7.15. The summed E-state index contributed by atoms with van der Waals surface area (Å²) >= 11 is 0. The van der Waals surface area contributed by atoms with Gasteiger partial charge in [-0.25, -0.2) is 4.98 Å². The summed E-state index contributed by atoms with van der Waals surface area (Å²) in [6.45, 7) is 4.17. The zero-order valence-electron chi connectivity index (χ0n) is 9.53. The summed E-state index contributed by atoms with van der Waals surface area (Å²) in [5.41, 5.74) is 6.39. The number of oxazole rings is 1. The van der Waals surface area contributed by atoms with Gasteiger partial charge < -0.3 is 15.5 Å². The zero-order chi connectivity index (χ0) is 11.3. The van der Waals surface area contributed by atoms with Gasteiger partial charge in [-0.15, -0.1) is 12.4 Å². The summed E-state index contributed by atoms with van der Waals surface area (Å²) in [5, 5.41) is 2.72. The van der Waals surface area contributed by atoms with E-state index in [-0.39, 0.29) is 18.3 Å². The number of nitrogens with two attached hydrogens (primary N) is 1. The average molecular weight is 248 g/mol. The molecular formula is C10H18ClN3O2. The molecule has 1 unspecified atom stereocenters. The van der Waals surface area contributed by atoms with E-state index in [1.807, 2.05) is 6.92 Å². The smallest absolute Gasteiger partial charge is 0.237 e. The first kappa shape index (κ1) is 14.9. The fraction of sp³-hybridized carbons (Fsp3) is 0.600. The van der Waals surface area contributed by atoms with E-state index in [0.717, 1.165) is 17.9 Å². The van der Waals surface area contributed by atoms with Crippen molar-refractivity contribution < 1.29 is 9.21 Å². The third-order valence-electron chi connectivity index (χ3n) is 2.21. The summed E-state index contributed by atoms with van der Waals surface area (Å²) in [7, 11) is 0. The number of nitrogens with zero attached hydrogens (tertiary/aromatic N) is 1. The number of nitrogens with one attached hydrogen (secondary N) is 1. The standard InChI is InChI=1S/C10H17N3O2.ClH/c1-3-4-8(11)10(14)12-5-9-7(2)15-6-13-9;/h6,8H,3-5,11H2,1-2H3,(H,12,14);1H. The minimum absolute atomic E-state index is 0. The molecule has 0 bridgehead atoms. The normalized spacial score (nSPS) is 11.7. The lowest BCUT2D eigenvalue weighted by molar-refractivity contribution is -0.122. The number of rotatable bonds is 5. The first-order valence-corrected chi connectivity index (χ1v) is 5.07. The highest BCUT2D eigenvalue weighted by atomic mass is 35.5. The van der Waals surface area contributed by atoms with Crippen LogP contribution in [-0.2, 0) is 11.3 Å². The molecule has 0 spiro atoms. The molecule has 92 valence electrons. The molecule has 0 aliphatic heterocycles. The van der Waals surface area contributed by atoms with Crippen molar-refractivity contribution in [2.75, 3.05) is 0 Å². The summed E-state index contributed by atoms with van der Waals surface area (Å²) in [6.07, 6.45) is 2.96. The maximum absolute atomic E-state index is 11.4. The molecule has 1 atom stereocenters. The van der Waals surface area contributed by atoms with Gasteiger partial charge in [0.05, 0.1) is 12.6 Å². The maximum Gasteiger partial charge on any atom is 0.237 e. The average Bonchev–Trinajstić information content (AvgIpc) is 2.61. The molecule has 0 aromatic carbocycles. The molecule has 1 aromatic heterocycles. The highest BCUT2D eigenvalue weighted by molar-refractivity contribution is 5.85. The van der Waals surface area contributed by atoms with Crippen LogP contribution in [0.3, 0.4) is 0 Å². The van der Waals surface area contributed by atoms with Gasteiger partial charge in [-0.2, -0.15) is 0 Å². The van der Waals surface area contributed by atoms with E-state index < -0.39 is 6.04 Å². The van der Waals surface area contributed by atoms with Crippen LogP contribution in [0.25, 0.3) is 0 Å². The van der Waals surface area contributed by atoms with Crippen molar-refractivity contribution in [2.24, 2.45) is 5.73 Å².